The molecule has 0 saturated carbocycles. The minimum atomic E-state index is -0.574. The van der Waals surface area contributed by atoms with Crippen molar-refractivity contribution in [1.82, 2.24) is 10.6 Å². The van der Waals surface area contributed by atoms with Gasteiger partial charge in [0.25, 0.3) is 5.91 Å². The molecule has 0 aliphatic carbocycles. The Kier molecular flexibility index (Phi) is 5.80. The van der Waals surface area contributed by atoms with Crippen molar-refractivity contribution in [2.24, 2.45) is 10.7 Å². The maximum atomic E-state index is 11.0. The maximum Gasteiger partial charge on any atom is 0.284 e. The molecule has 0 spiro atoms. The van der Waals surface area contributed by atoms with Crippen molar-refractivity contribution >= 4 is 11.9 Å². The second-order valence-corrected chi connectivity index (χ2v) is 5.25. The number of aliphatic imine (C=N–C) groups is 1. The van der Waals surface area contributed by atoms with E-state index in [9.17, 15) is 4.79 Å². The molecule has 6 heteroatoms. The van der Waals surface area contributed by atoms with Crippen LogP contribution in [0.5, 0.6) is 0 Å². The van der Waals surface area contributed by atoms with E-state index in [1.165, 1.54) is 5.56 Å². The second kappa shape index (κ2) is 8.03. The number of hydrogen-bond acceptors (Lipinski definition) is 3. The van der Waals surface area contributed by atoms with E-state index in [1.54, 1.807) is 19.2 Å². The van der Waals surface area contributed by atoms with Crippen LogP contribution in [-0.2, 0) is 6.54 Å². The number of nitrogens with zero attached hydrogens (tertiary/aromatic N) is 1. The highest BCUT2D eigenvalue weighted by molar-refractivity contribution is 5.89. The number of nitrogens with two attached hydrogens (primary N) is 1. The Hall–Kier alpha value is -2.76. The fraction of sp³-hybridized carbons (Fsp3) is 0.294. The van der Waals surface area contributed by atoms with E-state index in [0.717, 1.165) is 6.54 Å². The first-order valence-corrected chi connectivity index (χ1v) is 7.48. The molecule has 1 amide bonds. The van der Waals surface area contributed by atoms with Gasteiger partial charge in [-0.3, -0.25) is 9.79 Å². The summed E-state index contributed by atoms with van der Waals surface area (Å²) in [4.78, 5) is 15.2. The van der Waals surface area contributed by atoms with Crippen molar-refractivity contribution in [2.75, 3.05) is 13.6 Å². The van der Waals surface area contributed by atoms with Gasteiger partial charge in [-0.15, -0.1) is 0 Å². The third-order valence-corrected chi connectivity index (χ3v) is 3.50. The van der Waals surface area contributed by atoms with Crippen LogP contribution in [0.1, 0.15) is 34.7 Å². The van der Waals surface area contributed by atoms with Gasteiger partial charge in [-0.2, -0.15) is 0 Å². The van der Waals surface area contributed by atoms with Gasteiger partial charge in [-0.25, -0.2) is 0 Å². The molecule has 2 rings (SSSR count). The molecule has 4 N–H and O–H groups in total. The summed E-state index contributed by atoms with van der Waals surface area (Å²) in [5.41, 5.74) is 6.43. The highest BCUT2D eigenvalue weighted by Crippen LogP contribution is 2.13. The summed E-state index contributed by atoms with van der Waals surface area (Å²) >= 11 is 0. The Morgan fingerprint density at radius 1 is 1.22 bits per heavy atom. The molecule has 1 unspecified atom stereocenters. The summed E-state index contributed by atoms with van der Waals surface area (Å²) in [7, 11) is 1.71. The van der Waals surface area contributed by atoms with E-state index in [-0.39, 0.29) is 5.76 Å². The number of benzene rings is 1. The SMILES string of the molecule is CN=C(NCc1ccc(C(N)=O)o1)NCC(C)c1ccccc1. The first-order chi connectivity index (χ1) is 11.1. The Bertz CT molecular complexity index is 664. The predicted molar refractivity (Wildman–Crippen MR) is 90.3 cm³/mol. The fourth-order valence-electron chi connectivity index (χ4n) is 2.15. The summed E-state index contributed by atoms with van der Waals surface area (Å²) in [6.45, 7) is 3.34. The van der Waals surface area contributed by atoms with Gasteiger partial charge >= 0.3 is 0 Å². The van der Waals surface area contributed by atoms with Crippen LogP contribution in [0, 0.1) is 0 Å². The van der Waals surface area contributed by atoms with E-state index >= 15 is 0 Å². The molecule has 1 heterocycles. The van der Waals surface area contributed by atoms with Gasteiger partial charge in [0.05, 0.1) is 6.54 Å². The van der Waals surface area contributed by atoms with Crippen LogP contribution in [0.25, 0.3) is 0 Å². The summed E-state index contributed by atoms with van der Waals surface area (Å²) in [5.74, 6) is 1.24. The van der Waals surface area contributed by atoms with E-state index < -0.39 is 5.91 Å². The molecule has 0 aliphatic rings. The number of guanidine groups is 1. The van der Waals surface area contributed by atoms with Gasteiger partial charge in [0.1, 0.15) is 5.76 Å². The maximum absolute atomic E-state index is 11.0. The van der Waals surface area contributed by atoms with Gasteiger partial charge in [0, 0.05) is 13.6 Å². The number of carbonyl (C=O) groups is 1. The number of hydrogen-bond donors (Lipinski definition) is 3. The Morgan fingerprint density at radius 3 is 2.57 bits per heavy atom. The minimum Gasteiger partial charge on any atom is -0.454 e. The molecule has 1 atom stereocenters. The van der Waals surface area contributed by atoms with Crippen LogP contribution < -0.4 is 16.4 Å². The molecule has 122 valence electrons. The first kappa shape index (κ1) is 16.6. The summed E-state index contributed by atoms with van der Waals surface area (Å²) in [6.07, 6.45) is 0. The third-order valence-electron chi connectivity index (χ3n) is 3.50. The standard InChI is InChI=1S/C17H22N4O2/c1-12(13-6-4-3-5-7-13)10-20-17(19-2)21-11-14-8-9-15(23-14)16(18)22/h3-9,12H,10-11H2,1-2H3,(H2,18,22)(H2,19,20,21). The monoisotopic (exact) mass is 314 g/mol. The lowest BCUT2D eigenvalue weighted by Gasteiger charge is -2.16. The molecule has 0 radical (unpaired) electrons. The summed E-state index contributed by atoms with van der Waals surface area (Å²) < 4.78 is 5.32. The lowest BCUT2D eigenvalue weighted by Crippen LogP contribution is -2.38. The van der Waals surface area contributed by atoms with Crippen LogP contribution in [0.4, 0.5) is 0 Å². The quantitative estimate of drug-likeness (QED) is 0.560. The second-order valence-electron chi connectivity index (χ2n) is 5.25. The molecule has 2 aromatic rings. The van der Waals surface area contributed by atoms with E-state index in [0.29, 0.717) is 24.2 Å². The van der Waals surface area contributed by atoms with Gasteiger partial charge in [-0.1, -0.05) is 37.3 Å². The summed E-state index contributed by atoms with van der Waals surface area (Å²) in [5, 5.41) is 6.41. The van der Waals surface area contributed by atoms with E-state index in [1.807, 2.05) is 18.2 Å². The Balaban J connectivity index is 1.82. The lowest BCUT2D eigenvalue weighted by atomic mass is 10.0. The number of nitrogens with one attached hydrogen (secondary N) is 2. The molecule has 0 fully saturated rings. The van der Waals surface area contributed by atoms with Crippen molar-refractivity contribution in [3.05, 3.63) is 59.5 Å². The average molecular weight is 314 g/mol. The Morgan fingerprint density at radius 2 is 1.96 bits per heavy atom. The van der Waals surface area contributed by atoms with Crippen molar-refractivity contribution < 1.29 is 9.21 Å². The van der Waals surface area contributed by atoms with Crippen molar-refractivity contribution in [1.29, 1.82) is 0 Å². The molecule has 23 heavy (non-hydrogen) atoms. The van der Waals surface area contributed by atoms with Crippen LogP contribution in [0.15, 0.2) is 51.9 Å². The highest BCUT2D eigenvalue weighted by Gasteiger charge is 2.09. The predicted octanol–water partition coefficient (Wildman–Crippen LogP) is 1.85. The lowest BCUT2D eigenvalue weighted by molar-refractivity contribution is 0.0972. The van der Waals surface area contributed by atoms with Crippen LogP contribution >= 0.6 is 0 Å². The number of primary amides is 1. The summed E-state index contributed by atoms with van der Waals surface area (Å²) in [6, 6.07) is 13.6. The van der Waals surface area contributed by atoms with Gasteiger partial charge in [0.15, 0.2) is 11.7 Å². The fourth-order valence-corrected chi connectivity index (χ4v) is 2.15. The molecular formula is C17H22N4O2. The molecule has 1 aromatic carbocycles. The number of amides is 1. The molecular weight excluding hydrogens is 292 g/mol. The molecule has 0 saturated heterocycles. The largest absolute Gasteiger partial charge is 0.454 e. The number of furan rings is 1. The number of carbonyl (C=O) groups excluding carboxylic acids is 1. The Labute approximate surface area is 135 Å². The van der Waals surface area contributed by atoms with E-state index in [2.05, 4.69) is 34.7 Å². The highest BCUT2D eigenvalue weighted by atomic mass is 16.3. The van der Waals surface area contributed by atoms with E-state index in [4.69, 9.17) is 10.2 Å². The van der Waals surface area contributed by atoms with Crippen LogP contribution in [0.3, 0.4) is 0 Å². The van der Waals surface area contributed by atoms with Gasteiger partial charge < -0.3 is 20.8 Å². The van der Waals surface area contributed by atoms with Crippen LogP contribution in [0.2, 0.25) is 0 Å². The normalized spacial score (nSPS) is 12.7. The number of rotatable bonds is 6. The molecule has 0 bridgehead atoms. The van der Waals surface area contributed by atoms with Gasteiger partial charge in [0.2, 0.25) is 0 Å². The van der Waals surface area contributed by atoms with Crippen LogP contribution in [-0.4, -0.2) is 25.5 Å². The smallest absolute Gasteiger partial charge is 0.284 e. The molecule has 0 aliphatic heterocycles. The average Bonchev–Trinajstić information content (AvgIpc) is 3.05. The van der Waals surface area contributed by atoms with Crippen molar-refractivity contribution in [3.63, 3.8) is 0 Å². The zero-order chi connectivity index (χ0) is 16.7. The van der Waals surface area contributed by atoms with Gasteiger partial charge in [-0.05, 0) is 23.6 Å². The van der Waals surface area contributed by atoms with Crippen molar-refractivity contribution in [3.8, 4) is 0 Å². The minimum absolute atomic E-state index is 0.155. The molecule has 1 aromatic heterocycles. The zero-order valence-corrected chi connectivity index (χ0v) is 13.4. The first-order valence-electron chi connectivity index (χ1n) is 7.48. The third kappa shape index (κ3) is 4.88. The molecule has 6 nitrogen and oxygen atoms in total. The zero-order valence-electron chi connectivity index (χ0n) is 13.4. The topological polar surface area (TPSA) is 92.6 Å². The van der Waals surface area contributed by atoms with Crippen molar-refractivity contribution in [2.45, 2.75) is 19.4 Å².